The summed E-state index contributed by atoms with van der Waals surface area (Å²) >= 11 is 0. The Morgan fingerprint density at radius 1 is 1.24 bits per heavy atom. The minimum atomic E-state index is -0.530. The average molecular weight is 345 g/mol. The third-order valence-corrected chi connectivity index (χ3v) is 3.90. The minimum absolute atomic E-state index is 0.126. The van der Waals surface area contributed by atoms with E-state index in [-0.39, 0.29) is 24.7 Å². The van der Waals surface area contributed by atoms with E-state index in [2.05, 4.69) is 0 Å². The first kappa shape index (κ1) is 19.0. The lowest BCUT2D eigenvalue weighted by Gasteiger charge is -2.27. The Kier molecular flexibility index (Phi) is 6.23. The second kappa shape index (κ2) is 8.19. The van der Waals surface area contributed by atoms with E-state index in [1.807, 2.05) is 57.2 Å². The molecule has 0 spiro atoms. The van der Waals surface area contributed by atoms with E-state index in [0.29, 0.717) is 12.1 Å². The molecule has 136 valence electrons. The van der Waals surface area contributed by atoms with Gasteiger partial charge < -0.3 is 14.4 Å². The maximum absolute atomic E-state index is 12.3. The van der Waals surface area contributed by atoms with Crippen LogP contribution in [-0.2, 0) is 20.9 Å². The molecule has 1 heterocycles. The molecule has 1 saturated heterocycles. The van der Waals surface area contributed by atoms with Crippen LogP contribution in [0.1, 0.15) is 46.1 Å². The Balaban J connectivity index is 1.94. The second-order valence-electron chi connectivity index (χ2n) is 7.29. The van der Waals surface area contributed by atoms with Crippen molar-refractivity contribution in [3.63, 3.8) is 0 Å². The summed E-state index contributed by atoms with van der Waals surface area (Å²) in [6.45, 7) is 8.14. The van der Waals surface area contributed by atoms with E-state index in [1.165, 1.54) is 0 Å². The molecule has 0 radical (unpaired) electrons. The zero-order chi connectivity index (χ0) is 18.4. The highest BCUT2D eigenvalue weighted by molar-refractivity contribution is 5.88. The average Bonchev–Trinajstić information content (AvgIpc) is 3.00. The van der Waals surface area contributed by atoms with Crippen LogP contribution >= 0.6 is 0 Å². The highest BCUT2D eigenvalue weighted by Gasteiger charge is 2.31. The van der Waals surface area contributed by atoms with E-state index >= 15 is 0 Å². The Hall–Kier alpha value is -2.30. The molecule has 1 fully saturated rings. The van der Waals surface area contributed by atoms with Crippen molar-refractivity contribution >= 4 is 12.1 Å². The van der Waals surface area contributed by atoms with Gasteiger partial charge in [-0.3, -0.25) is 0 Å². The maximum Gasteiger partial charge on any atom is 0.410 e. The molecule has 1 unspecified atom stereocenters. The smallest absolute Gasteiger partial charge is 0.410 e. The van der Waals surface area contributed by atoms with Crippen LogP contribution in [0.5, 0.6) is 0 Å². The molecule has 5 nitrogen and oxygen atoms in total. The number of likely N-dealkylation sites (tertiary alicyclic amines) is 1. The van der Waals surface area contributed by atoms with Crippen molar-refractivity contribution in [2.24, 2.45) is 0 Å². The van der Waals surface area contributed by atoms with Gasteiger partial charge in [-0.25, -0.2) is 9.59 Å². The van der Waals surface area contributed by atoms with Gasteiger partial charge in [0.15, 0.2) is 0 Å². The van der Waals surface area contributed by atoms with Gasteiger partial charge in [0, 0.05) is 12.1 Å². The molecule has 2 rings (SSSR count). The van der Waals surface area contributed by atoms with E-state index in [0.717, 1.165) is 18.4 Å². The number of rotatable bonds is 4. The molecule has 5 heteroatoms. The van der Waals surface area contributed by atoms with Crippen LogP contribution in [0.3, 0.4) is 0 Å². The molecule has 1 aliphatic rings. The third kappa shape index (κ3) is 5.93. The Bertz CT molecular complexity index is 631. The Labute approximate surface area is 149 Å². The number of esters is 1. The Morgan fingerprint density at radius 3 is 2.56 bits per heavy atom. The number of hydrogen-bond donors (Lipinski definition) is 0. The topological polar surface area (TPSA) is 55.8 Å². The van der Waals surface area contributed by atoms with Crippen LogP contribution < -0.4 is 0 Å². The van der Waals surface area contributed by atoms with Crippen molar-refractivity contribution in [3.05, 3.63) is 47.5 Å². The number of hydrogen-bond acceptors (Lipinski definition) is 4. The number of benzene rings is 1. The van der Waals surface area contributed by atoms with Gasteiger partial charge in [0.25, 0.3) is 0 Å². The van der Waals surface area contributed by atoms with Crippen molar-refractivity contribution in [2.75, 3.05) is 6.54 Å². The summed E-state index contributed by atoms with van der Waals surface area (Å²) in [6.07, 6.45) is 3.19. The zero-order valence-corrected chi connectivity index (χ0v) is 15.5. The summed E-state index contributed by atoms with van der Waals surface area (Å²) < 4.78 is 10.8. The standard InChI is InChI=1S/C20H27NO4/c1-15(18(22)24-14-16-9-6-5-7-10-16)13-17-11-8-12-21(17)19(23)25-20(2,3)4/h5-7,9-10,13,17H,8,11-12,14H2,1-4H3/b15-13+. The molecular formula is C20H27NO4. The molecule has 0 aliphatic carbocycles. The molecule has 1 aromatic carbocycles. The summed E-state index contributed by atoms with van der Waals surface area (Å²) in [6, 6.07) is 9.42. The maximum atomic E-state index is 12.3. The molecule has 0 N–H and O–H groups in total. The van der Waals surface area contributed by atoms with Gasteiger partial charge in [0.05, 0.1) is 6.04 Å². The fraction of sp³-hybridized carbons (Fsp3) is 0.500. The molecule has 0 bridgehead atoms. The quantitative estimate of drug-likeness (QED) is 0.609. The summed E-state index contributed by atoms with van der Waals surface area (Å²) in [5, 5.41) is 0. The van der Waals surface area contributed by atoms with Gasteiger partial charge in [-0.05, 0) is 46.1 Å². The molecule has 0 aromatic heterocycles. The molecule has 1 aromatic rings. The first-order valence-electron chi connectivity index (χ1n) is 8.65. The van der Waals surface area contributed by atoms with Crippen molar-refractivity contribution in [2.45, 2.75) is 58.8 Å². The highest BCUT2D eigenvalue weighted by atomic mass is 16.6. The first-order valence-corrected chi connectivity index (χ1v) is 8.65. The van der Waals surface area contributed by atoms with Crippen LogP contribution in [0.2, 0.25) is 0 Å². The summed E-state index contributed by atoms with van der Waals surface area (Å²) in [4.78, 5) is 26.2. The number of amides is 1. The monoisotopic (exact) mass is 345 g/mol. The summed E-state index contributed by atoms with van der Waals surface area (Å²) in [5.41, 5.74) is 0.925. The third-order valence-electron chi connectivity index (χ3n) is 3.90. The minimum Gasteiger partial charge on any atom is -0.457 e. The van der Waals surface area contributed by atoms with Crippen molar-refractivity contribution < 1.29 is 19.1 Å². The van der Waals surface area contributed by atoms with Gasteiger partial charge in [0.2, 0.25) is 0 Å². The zero-order valence-electron chi connectivity index (χ0n) is 15.5. The van der Waals surface area contributed by atoms with Crippen LogP contribution in [0.15, 0.2) is 42.0 Å². The van der Waals surface area contributed by atoms with Crippen molar-refractivity contribution in [1.82, 2.24) is 4.90 Å². The second-order valence-corrected chi connectivity index (χ2v) is 7.29. The van der Waals surface area contributed by atoms with E-state index < -0.39 is 5.60 Å². The molecule has 0 saturated carbocycles. The normalized spacial score (nSPS) is 18.2. The number of carbonyl (C=O) groups excluding carboxylic acids is 2. The first-order chi connectivity index (χ1) is 11.8. The van der Waals surface area contributed by atoms with E-state index in [4.69, 9.17) is 9.47 Å². The molecule has 1 aliphatic heterocycles. The molecule has 25 heavy (non-hydrogen) atoms. The Morgan fingerprint density at radius 2 is 1.92 bits per heavy atom. The van der Waals surface area contributed by atoms with Gasteiger partial charge in [-0.15, -0.1) is 0 Å². The van der Waals surface area contributed by atoms with Gasteiger partial charge >= 0.3 is 12.1 Å². The fourth-order valence-electron chi connectivity index (χ4n) is 2.71. The van der Waals surface area contributed by atoms with Crippen molar-refractivity contribution in [3.8, 4) is 0 Å². The van der Waals surface area contributed by atoms with E-state index in [1.54, 1.807) is 11.8 Å². The van der Waals surface area contributed by atoms with Gasteiger partial charge in [0.1, 0.15) is 12.2 Å². The lowest BCUT2D eigenvalue weighted by Crippen LogP contribution is -2.39. The summed E-state index contributed by atoms with van der Waals surface area (Å²) in [7, 11) is 0. The molecular weight excluding hydrogens is 318 g/mol. The van der Waals surface area contributed by atoms with Crippen molar-refractivity contribution in [1.29, 1.82) is 0 Å². The van der Waals surface area contributed by atoms with E-state index in [9.17, 15) is 9.59 Å². The van der Waals surface area contributed by atoms with Crippen LogP contribution in [0.25, 0.3) is 0 Å². The van der Waals surface area contributed by atoms with Crippen LogP contribution in [0, 0.1) is 0 Å². The lowest BCUT2D eigenvalue weighted by molar-refractivity contribution is -0.140. The largest absolute Gasteiger partial charge is 0.457 e. The van der Waals surface area contributed by atoms with Gasteiger partial charge in [-0.2, -0.15) is 0 Å². The van der Waals surface area contributed by atoms with Crippen LogP contribution in [-0.4, -0.2) is 35.2 Å². The van der Waals surface area contributed by atoms with Gasteiger partial charge in [-0.1, -0.05) is 36.4 Å². The SMILES string of the molecule is C/C(=C\C1CCCN1C(=O)OC(C)(C)C)C(=O)OCc1ccccc1. The fourth-order valence-corrected chi connectivity index (χ4v) is 2.71. The predicted molar refractivity (Wildman–Crippen MR) is 96.0 cm³/mol. The molecule has 1 atom stereocenters. The lowest BCUT2D eigenvalue weighted by atomic mass is 10.1. The summed E-state index contributed by atoms with van der Waals surface area (Å²) in [5.74, 6) is -0.361. The number of ether oxygens (including phenoxy) is 2. The molecule has 1 amide bonds. The van der Waals surface area contributed by atoms with Crippen LogP contribution in [0.4, 0.5) is 4.79 Å². The number of nitrogens with zero attached hydrogens (tertiary/aromatic N) is 1. The highest BCUT2D eigenvalue weighted by Crippen LogP contribution is 2.23. The predicted octanol–water partition coefficient (Wildman–Crippen LogP) is 4.08. The number of carbonyl (C=O) groups is 2.